The quantitative estimate of drug-likeness (QED) is 0.780. The lowest BCUT2D eigenvalue weighted by atomic mass is 10.2. The van der Waals surface area contributed by atoms with Crippen LogP contribution in [0.4, 0.5) is 0 Å². The molecule has 0 aliphatic heterocycles. The van der Waals surface area contributed by atoms with Gasteiger partial charge in [-0.1, -0.05) is 13.3 Å². The van der Waals surface area contributed by atoms with Crippen molar-refractivity contribution in [1.82, 2.24) is 15.1 Å². The Kier molecular flexibility index (Phi) is 4.82. The molecule has 1 aromatic rings. The standard InChI is InChI=1S/C12H23N3/c1-5-6-11(3)13-8-12(4)15-9-10(2)7-14-15/h7,9,11-13H,5-6,8H2,1-4H3. The van der Waals surface area contributed by atoms with Gasteiger partial charge in [-0.2, -0.15) is 5.10 Å². The molecule has 3 nitrogen and oxygen atoms in total. The van der Waals surface area contributed by atoms with Crippen LogP contribution in [0.1, 0.15) is 45.2 Å². The fourth-order valence-electron chi connectivity index (χ4n) is 1.67. The summed E-state index contributed by atoms with van der Waals surface area (Å²) in [6.45, 7) is 9.72. The van der Waals surface area contributed by atoms with Crippen LogP contribution in [0.25, 0.3) is 0 Å². The summed E-state index contributed by atoms with van der Waals surface area (Å²) in [4.78, 5) is 0. The van der Waals surface area contributed by atoms with Gasteiger partial charge in [0.25, 0.3) is 0 Å². The Balaban J connectivity index is 2.33. The maximum atomic E-state index is 4.32. The van der Waals surface area contributed by atoms with E-state index < -0.39 is 0 Å². The third-order valence-corrected chi connectivity index (χ3v) is 2.67. The van der Waals surface area contributed by atoms with Crippen LogP contribution < -0.4 is 5.32 Å². The average molecular weight is 209 g/mol. The highest BCUT2D eigenvalue weighted by atomic mass is 15.3. The summed E-state index contributed by atoms with van der Waals surface area (Å²) in [6, 6.07) is 1.03. The summed E-state index contributed by atoms with van der Waals surface area (Å²) in [5.74, 6) is 0. The predicted octanol–water partition coefficient (Wildman–Crippen LogP) is 2.53. The van der Waals surface area contributed by atoms with Gasteiger partial charge in [-0.25, -0.2) is 0 Å². The molecular weight excluding hydrogens is 186 g/mol. The topological polar surface area (TPSA) is 29.9 Å². The van der Waals surface area contributed by atoms with Crippen molar-refractivity contribution in [3.63, 3.8) is 0 Å². The molecule has 0 fully saturated rings. The molecule has 0 aliphatic carbocycles. The normalized spacial score (nSPS) is 15.2. The van der Waals surface area contributed by atoms with Crippen LogP contribution in [-0.4, -0.2) is 22.4 Å². The number of hydrogen-bond acceptors (Lipinski definition) is 2. The molecule has 1 heterocycles. The van der Waals surface area contributed by atoms with Crippen molar-refractivity contribution in [2.75, 3.05) is 6.54 Å². The summed E-state index contributed by atoms with van der Waals surface area (Å²) in [6.07, 6.45) is 6.48. The summed E-state index contributed by atoms with van der Waals surface area (Å²) in [5, 5.41) is 7.85. The molecule has 3 heteroatoms. The van der Waals surface area contributed by atoms with Crippen LogP contribution in [0, 0.1) is 6.92 Å². The molecule has 0 spiro atoms. The molecule has 15 heavy (non-hydrogen) atoms. The number of aryl methyl sites for hydroxylation is 1. The van der Waals surface area contributed by atoms with E-state index in [1.807, 2.05) is 10.9 Å². The second-order valence-corrected chi connectivity index (χ2v) is 4.44. The fraction of sp³-hybridized carbons (Fsp3) is 0.750. The first-order valence-electron chi connectivity index (χ1n) is 5.87. The SMILES string of the molecule is CCCC(C)NCC(C)n1cc(C)cn1. The first-order chi connectivity index (χ1) is 7.13. The lowest BCUT2D eigenvalue weighted by Gasteiger charge is -2.17. The second-order valence-electron chi connectivity index (χ2n) is 4.44. The smallest absolute Gasteiger partial charge is 0.0615 e. The molecule has 0 bridgehead atoms. The maximum absolute atomic E-state index is 4.32. The molecule has 2 atom stereocenters. The zero-order valence-corrected chi connectivity index (χ0v) is 10.3. The Labute approximate surface area is 92.9 Å². The first kappa shape index (κ1) is 12.2. The van der Waals surface area contributed by atoms with E-state index >= 15 is 0 Å². The molecule has 1 N–H and O–H groups in total. The molecule has 0 aromatic carbocycles. The van der Waals surface area contributed by atoms with Gasteiger partial charge in [0, 0.05) is 18.8 Å². The highest BCUT2D eigenvalue weighted by Crippen LogP contribution is 2.05. The highest BCUT2D eigenvalue weighted by molar-refractivity contribution is 5.00. The van der Waals surface area contributed by atoms with Crippen LogP contribution in [0.2, 0.25) is 0 Å². The molecule has 86 valence electrons. The summed E-state index contributed by atoms with van der Waals surface area (Å²) >= 11 is 0. The van der Waals surface area contributed by atoms with Crippen molar-refractivity contribution in [3.8, 4) is 0 Å². The van der Waals surface area contributed by atoms with Crippen LogP contribution in [0.15, 0.2) is 12.4 Å². The summed E-state index contributed by atoms with van der Waals surface area (Å²) in [5.41, 5.74) is 1.23. The van der Waals surface area contributed by atoms with Gasteiger partial charge in [0.2, 0.25) is 0 Å². The van der Waals surface area contributed by atoms with Crippen molar-refractivity contribution in [3.05, 3.63) is 18.0 Å². The molecule has 0 amide bonds. The van der Waals surface area contributed by atoms with E-state index in [1.54, 1.807) is 0 Å². The lowest BCUT2D eigenvalue weighted by molar-refractivity contribution is 0.412. The number of hydrogen-bond donors (Lipinski definition) is 1. The Bertz CT molecular complexity index is 280. The summed E-state index contributed by atoms with van der Waals surface area (Å²) in [7, 11) is 0. The largest absolute Gasteiger partial charge is 0.312 e. The second kappa shape index (κ2) is 5.91. The third-order valence-electron chi connectivity index (χ3n) is 2.67. The molecule has 0 saturated carbocycles. The number of aromatic nitrogens is 2. The van der Waals surface area contributed by atoms with Crippen LogP contribution in [0.5, 0.6) is 0 Å². The predicted molar refractivity (Wildman–Crippen MR) is 64.0 cm³/mol. The van der Waals surface area contributed by atoms with E-state index in [2.05, 4.69) is 44.3 Å². The molecule has 0 aliphatic rings. The minimum Gasteiger partial charge on any atom is -0.312 e. The summed E-state index contributed by atoms with van der Waals surface area (Å²) < 4.78 is 2.03. The Morgan fingerprint density at radius 3 is 2.73 bits per heavy atom. The molecule has 0 radical (unpaired) electrons. The number of rotatable bonds is 6. The maximum Gasteiger partial charge on any atom is 0.0615 e. The van der Waals surface area contributed by atoms with E-state index in [0.29, 0.717) is 12.1 Å². The van der Waals surface area contributed by atoms with Crippen molar-refractivity contribution >= 4 is 0 Å². The Hall–Kier alpha value is -0.830. The molecule has 1 aromatic heterocycles. The van der Waals surface area contributed by atoms with Crippen molar-refractivity contribution < 1.29 is 0 Å². The average Bonchev–Trinajstić information content (AvgIpc) is 2.62. The number of nitrogens with zero attached hydrogens (tertiary/aromatic N) is 2. The zero-order chi connectivity index (χ0) is 11.3. The minimum atomic E-state index is 0.429. The van der Waals surface area contributed by atoms with Gasteiger partial charge in [0.15, 0.2) is 0 Å². The van der Waals surface area contributed by atoms with E-state index in [-0.39, 0.29) is 0 Å². The fourth-order valence-corrected chi connectivity index (χ4v) is 1.67. The van der Waals surface area contributed by atoms with E-state index in [1.165, 1.54) is 18.4 Å². The highest BCUT2D eigenvalue weighted by Gasteiger charge is 2.07. The van der Waals surface area contributed by atoms with Gasteiger partial charge in [-0.05, 0) is 32.8 Å². The lowest BCUT2D eigenvalue weighted by Crippen LogP contribution is -2.31. The molecule has 2 unspecified atom stereocenters. The van der Waals surface area contributed by atoms with Gasteiger partial charge in [0.1, 0.15) is 0 Å². The monoisotopic (exact) mass is 209 g/mol. The van der Waals surface area contributed by atoms with E-state index in [4.69, 9.17) is 0 Å². The van der Waals surface area contributed by atoms with Gasteiger partial charge in [-0.3, -0.25) is 4.68 Å². The minimum absolute atomic E-state index is 0.429. The molecular formula is C12H23N3. The Morgan fingerprint density at radius 2 is 2.20 bits per heavy atom. The van der Waals surface area contributed by atoms with Crippen molar-refractivity contribution in [1.29, 1.82) is 0 Å². The van der Waals surface area contributed by atoms with E-state index in [9.17, 15) is 0 Å². The van der Waals surface area contributed by atoms with Gasteiger partial charge in [-0.15, -0.1) is 0 Å². The molecule has 0 saturated heterocycles. The van der Waals surface area contributed by atoms with Gasteiger partial charge < -0.3 is 5.32 Å². The van der Waals surface area contributed by atoms with E-state index in [0.717, 1.165) is 6.54 Å². The molecule has 1 rings (SSSR count). The van der Waals surface area contributed by atoms with Crippen LogP contribution in [0.3, 0.4) is 0 Å². The van der Waals surface area contributed by atoms with Crippen molar-refractivity contribution in [2.45, 2.75) is 52.6 Å². The first-order valence-corrected chi connectivity index (χ1v) is 5.87. The van der Waals surface area contributed by atoms with Crippen LogP contribution in [-0.2, 0) is 0 Å². The van der Waals surface area contributed by atoms with Crippen LogP contribution >= 0.6 is 0 Å². The number of nitrogens with one attached hydrogen (secondary N) is 1. The Morgan fingerprint density at radius 1 is 1.47 bits per heavy atom. The van der Waals surface area contributed by atoms with Gasteiger partial charge >= 0.3 is 0 Å². The third kappa shape index (κ3) is 4.04. The van der Waals surface area contributed by atoms with Gasteiger partial charge in [0.05, 0.1) is 12.2 Å². The zero-order valence-electron chi connectivity index (χ0n) is 10.3. The van der Waals surface area contributed by atoms with Crippen molar-refractivity contribution in [2.24, 2.45) is 0 Å².